The van der Waals surface area contributed by atoms with E-state index in [9.17, 15) is 4.79 Å². The van der Waals surface area contributed by atoms with E-state index >= 15 is 0 Å². The summed E-state index contributed by atoms with van der Waals surface area (Å²) in [5, 5.41) is 5.77. The van der Waals surface area contributed by atoms with Crippen LogP contribution in [0.1, 0.15) is 16.1 Å². The number of amides is 1. The van der Waals surface area contributed by atoms with E-state index in [2.05, 4.69) is 37.3 Å². The molecule has 0 fully saturated rings. The highest BCUT2D eigenvalue weighted by Gasteiger charge is 2.20. The maximum atomic E-state index is 12.9. The molecule has 2 heterocycles. The fourth-order valence-corrected chi connectivity index (χ4v) is 3.72. The van der Waals surface area contributed by atoms with Gasteiger partial charge in [-0.2, -0.15) is 0 Å². The number of thiazole rings is 1. The largest absolute Gasteiger partial charge is 0.337 e. The van der Waals surface area contributed by atoms with E-state index in [1.54, 1.807) is 23.7 Å². The van der Waals surface area contributed by atoms with E-state index in [0.29, 0.717) is 27.4 Å². The predicted octanol–water partition coefficient (Wildman–Crippen LogP) is 5.17. The number of hydrogen-bond donors (Lipinski definition) is 2. The number of nitrogens with one attached hydrogen (secondary N) is 2. The van der Waals surface area contributed by atoms with Crippen molar-refractivity contribution in [1.29, 1.82) is 0 Å². The number of carbonyl (C=O) groups excluding carboxylic acids is 1. The second kappa shape index (κ2) is 8.79. The van der Waals surface area contributed by atoms with Crippen LogP contribution in [0.5, 0.6) is 0 Å². The van der Waals surface area contributed by atoms with E-state index in [4.69, 9.17) is 11.6 Å². The quantitative estimate of drug-likeness (QED) is 0.436. The second-order valence-corrected chi connectivity index (χ2v) is 8.37. The molecule has 4 rings (SSSR count). The molecule has 8 heteroatoms. The standard InChI is InChI=1S/C22H20ClN5OS/c1-28(2)13-14-3-5-16(6-4-14)20-25-18(15-7-9-17(23)10-8-15)19(26-20)21(29)27-22-24-11-12-30-22/h3-12H,13H2,1-2H3,(H,25,26)(H,24,27,29). The minimum Gasteiger partial charge on any atom is -0.337 e. The number of H-pyrrole nitrogens is 1. The lowest BCUT2D eigenvalue weighted by atomic mass is 10.1. The first kappa shape index (κ1) is 20.3. The van der Waals surface area contributed by atoms with E-state index in [-0.39, 0.29) is 5.91 Å². The van der Waals surface area contributed by atoms with Crippen molar-refractivity contribution in [2.24, 2.45) is 0 Å². The smallest absolute Gasteiger partial charge is 0.278 e. The summed E-state index contributed by atoms with van der Waals surface area (Å²) in [6, 6.07) is 15.4. The van der Waals surface area contributed by atoms with Gasteiger partial charge in [0, 0.05) is 34.3 Å². The molecule has 0 atom stereocenters. The number of nitrogens with zero attached hydrogens (tertiary/aromatic N) is 3. The Morgan fingerprint density at radius 1 is 1.10 bits per heavy atom. The Bertz CT molecular complexity index is 1140. The molecule has 0 aliphatic carbocycles. The normalized spacial score (nSPS) is 11.1. The molecule has 2 aromatic carbocycles. The van der Waals surface area contributed by atoms with Crippen molar-refractivity contribution in [2.45, 2.75) is 6.54 Å². The Balaban J connectivity index is 1.71. The Kier molecular flexibility index (Phi) is 5.94. The molecule has 0 spiro atoms. The van der Waals surface area contributed by atoms with Crippen molar-refractivity contribution in [3.05, 3.63) is 76.4 Å². The molecule has 6 nitrogen and oxygen atoms in total. The summed E-state index contributed by atoms with van der Waals surface area (Å²) in [5.74, 6) is 0.308. The van der Waals surface area contributed by atoms with E-state index in [1.807, 2.05) is 38.4 Å². The van der Waals surface area contributed by atoms with Crippen LogP contribution in [0.25, 0.3) is 22.6 Å². The second-order valence-electron chi connectivity index (χ2n) is 7.04. The van der Waals surface area contributed by atoms with Gasteiger partial charge in [-0.05, 0) is 31.8 Å². The number of benzene rings is 2. The van der Waals surface area contributed by atoms with Gasteiger partial charge >= 0.3 is 0 Å². The van der Waals surface area contributed by atoms with Gasteiger partial charge in [0.2, 0.25) is 0 Å². The van der Waals surface area contributed by atoms with Gasteiger partial charge in [0.1, 0.15) is 5.82 Å². The van der Waals surface area contributed by atoms with Crippen LogP contribution in [0.4, 0.5) is 5.13 Å². The zero-order valence-electron chi connectivity index (χ0n) is 16.5. The van der Waals surface area contributed by atoms with Crippen LogP contribution < -0.4 is 5.32 Å². The number of carbonyl (C=O) groups is 1. The summed E-state index contributed by atoms with van der Waals surface area (Å²) < 4.78 is 0. The third-order valence-electron chi connectivity index (χ3n) is 4.43. The minimum absolute atomic E-state index is 0.305. The maximum absolute atomic E-state index is 12.9. The molecule has 30 heavy (non-hydrogen) atoms. The number of halogens is 1. The highest BCUT2D eigenvalue weighted by molar-refractivity contribution is 7.13. The topological polar surface area (TPSA) is 73.9 Å². The predicted molar refractivity (Wildman–Crippen MR) is 122 cm³/mol. The van der Waals surface area contributed by atoms with Gasteiger partial charge in [-0.15, -0.1) is 11.3 Å². The van der Waals surface area contributed by atoms with Gasteiger partial charge in [0.25, 0.3) is 5.91 Å². The van der Waals surface area contributed by atoms with Crippen molar-refractivity contribution in [2.75, 3.05) is 19.4 Å². The Hall–Kier alpha value is -3.00. The Labute approximate surface area is 183 Å². The zero-order chi connectivity index (χ0) is 21.1. The third kappa shape index (κ3) is 4.59. The zero-order valence-corrected chi connectivity index (χ0v) is 18.1. The first-order valence-electron chi connectivity index (χ1n) is 9.30. The van der Waals surface area contributed by atoms with E-state index < -0.39 is 0 Å². The number of aromatic amines is 1. The summed E-state index contributed by atoms with van der Waals surface area (Å²) in [4.78, 5) is 27.1. The molecular weight excluding hydrogens is 418 g/mol. The summed E-state index contributed by atoms with van der Waals surface area (Å²) in [6.07, 6.45) is 1.64. The molecule has 0 bridgehead atoms. The average molecular weight is 438 g/mol. The first-order valence-corrected chi connectivity index (χ1v) is 10.6. The molecule has 0 saturated carbocycles. The minimum atomic E-state index is -0.318. The fraction of sp³-hybridized carbons (Fsp3) is 0.136. The first-order chi connectivity index (χ1) is 14.5. The van der Waals surface area contributed by atoms with Gasteiger partial charge < -0.3 is 9.88 Å². The Morgan fingerprint density at radius 2 is 1.80 bits per heavy atom. The van der Waals surface area contributed by atoms with Crippen LogP contribution in [0.2, 0.25) is 5.02 Å². The molecule has 0 unspecified atom stereocenters. The lowest BCUT2D eigenvalue weighted by Crippen LogP contribution is -2.13. The van der Waals surface area contributed by atoms with Crippen LogP contribution >= 0.6 is 22.9 Å². The van der Waals surface area contributed by atoms with Crippen molar-refractivity contribution in [3.63, 3.8) is 0 Å². The van der Waals surface area contributed by atoms with Gasteiger partial charge in [-0.3, -0.25) is 10.1 Å². The van der Waals surface area contributed by atoms with Crippen molar-refractivity contribution < 1.29 is 4.79 Å². The average Bonchev–Trinajstić information content (AvgIpc) is 3.39. The summed E-state index contributed by atoms with van der Waals surface area (Å²) in [7, 11) is 4.07. The number of hydrogen-bond acceptors (Lipinski definition) is 5. The van der Waals surface area contributed by atoms with Gasteiger partial charge in [0.05, 0.1) is 5.69 Å². The molecule has 152 valence electrons. The number of aromatic nitrogens is 3. The van der Waals surface area contributed by atoms with E-state index in [1.165, 1.54) is 16.9 Å². The Morgan fingerprint density at radius 3 is 2.43 bits per heavy atom. The van der Waals surface area contributed by atoms with Crippen LogP contribution in [0.15, 0.2) is 60.1 Å². The molecule has 0 radical (unpaired) electrons. The van der Waals surface area contributed by atoms with Gasteiger partial charge in [-0.1, -0.05) is 48.0 Å². The van der Waals surface area contributed by atoms with Gasteiger partial charge in [0.15, 0.2) is 10.8 Å². The lowest BCUT2D eigenvalue weighted by Gasteiger charge is -2.09. The van der Waals surface area contributed by atoms with Crippen LogP contribution in [-0.4, -0.2) is 39.9 Å². The molecule has 1 amide bonds. The SMILES string of the molecule is CN(C)Cc1ccc(-c2nc(C(=O)Nc3nccs3)c(-c3ccc(Cl)cc3)[nH]2)cc1. The van der Waals surface area contributed by atoms with Crippen LogP contribution in [0.3, 0.4) is 0 Å². The van der Waals surface area contributed by atoms with Crippen LogP contribution in [-0.2, 0) is 6.54 Å². The fourth-order valence-electron chi connectivity index (χ4n) is 3.07. The number of rotatable bonds is 6. The highest BCUT2D eigenvalue weighted by atomic mass is 35.5. The molecule has 0 saturated heterocycles. The summed E-state index contributed by atoms with van der Waals surface area (Å²) >= 11 is 7.39. The molecular formula is C22H20ClN5OS. The highest BCUT2D eigenvalue weighted by Crippen LogP contribution is 2.28. The number of imidazole rings is 1. The molecule has 2 N–H and O–H groups in total. The van der Waals surface area contributed by atoms with Crippen molar-refractivity contribution in [3.8, 4) is 22.6 Å². The maximum Gasteiger partial charge on any atom is 0.278 e. The summed E-state index contributed by atoms with van der Waals surface area (Å²) in [5.41, 5.74) is 3.87. The monoisotopic (exact) mass is 437 g/mol. The molecule has 4 aromatic rings. The molecule has 0 aliphatic heterocycles. The van der Waals surface area contributed by atoms with Crippen molar-refractivity contribution >= 4 is 34.0 Å². The third-order valence-corrected chi connectivity index (χ3v) is 5.37. The lowest BCUT2D eigenvalue weighted by molar-refractivity contribution is 0.102. The van der Waals surface area contributed by atoms with E-state index in [0.717, 1.165) is 17.7 Å². The number of anilines is 1. The molecule has 2 aromatic heterocycles. The van der Waals surface area contributed by atoms with Gasteiger partial charge in [-0.25, -0.2) is 9.97 Å². The summed E-state index contributed by atoms with van der Waals surface area (Å²) in [6.45, 7) is 0.857. The van der Waals surface area contributed by atoms with Crippen LogP contribution in [0, 0.1) is 0 Å². The molecule has 0 aliphatic rings. The van der Waals surface area contributed by atoms with Crippen molar-refractivity contribution in [1.82, 2.24) is 19.9 Å².